The first-order valence-electron chi connectivity index (χ1n) is 9.37. The van der Waals surface area contributed by atoms with Crippen LogP contribution in [-0.2, 0) is 4.79 Å². The van der Waals surface area contributed by atoms with Crippen LogP contribution in [0, 0.1) is 0 Å². The predicted octanol–water partition coefficient (Wildman–Crippen LogP) is 6.38. The largest absolute Gasteiger partial charge is 0.372 e. The third-order valence-electron chi connectivity index (χ3n) is 5.48. The number of halogens is 1. The maximum atomic E-state index is 13.4. The van der Waals surface area contributed by atoms with E-state index in [9.17, 15) is 4.79 Å². The number of allylic oxidation sites excluding steroid dienone is 1. The lowest BCUT2D eigenvalue weighted by Crippen LogP contribution is -2.26. The van der Waals surface area contributed by atoms with E-state index in [0.717, 1.165) is 44.5 Å². The zero-order chi connectivity index (χ0) is 19.1. The van der Waals surface area contributed by atoms with E-state index in [4.69, 9.17) is 11.6 Å². The number of hydrogen-bond donors (Lipinski definition) is 2. The van der Waals surface area contributed by atoms with Crippen molar-refractivity contribution in [3.8, 4) is 0 Å². The van der Waals surface area contributed by atoms with E-state index in [1.54, 1.807) is 11.3 Å². The Kier molecular flexibility index (Phi) is 4.46. The molecule has 2 N–H and O–H groups in total. The number of thiophene rings is 1. The van der Waals surface area contributed by atoms with Crippen LogP contribution in [0.4, 0.5) is 11.4 Å². The van der Waals surface area contributed by atoms with Crippen molar-refractivity contribution in [1.82, 2.24) is 0 Å². The fourth-order valence-corrected chi connectivity index (χ4v) is 5.26. The monoisotopic (exact) mass is 406 g/mol. The zero-order valence-electron chi connectivity index (χ0n) is 15.1. The van der Waals surface area contributed by atoms with Gasteiger partial charge in [0.25, 0.3) is 0 Å². The number of para-hydroxylation sites is 2. The molecule has 3 aromatic rings. The maximum Gasteiger partial charge on any atom is 0.163 e. The van der Waals surface area contributed by atoms with Crippen molar-refractivity contribution in [3.05, 3.63) is 92.8 Å². The van der Waals surface area contributed by atoms with Crippen molar-refractivity contribution in [2.24, 2.45) is 0 Å². The Morgan fingerprint density at radius 2 is 1.71 bits per heavy atom. The van der Waals surface area contributed by atoms with Crippen molar-refractivity contribution < 1.29 is 4.79 Å². The van der Waals surface area contributed by atoms with Crippen LogP contribution in [-0.4, -0.2) is 5.78 Å². The summed E-state index contributed by atoms with van der Waals surface area (Å²) in [5, 5.41) is 9.95. The molecular weight excluding hydrogens is 388 g/mol. The molecule has 5 heteroatoms. The van der Waals surface area contributed by atoms with Gasteiger partial charge in [0.05, 0.1) is 17.4 Å². The molecule has 0 unspecified atom stereocenters. The maximum absolute atomic E-state index is 13.4. The normalized spacial score (nSPS) is 21.2. The van der Waals surface area contributed by atoms with E-state index in [2.05, 4.69) is 28.1 Å². The van der Waals surface area contributed by atoms with Gasteiger partial charge in [-0.3, -0.25) is 4.79 Å². The van der Waals surface area contributed by atoms with Crippen molar-refractivity contribution in [2.75, 3.05) is 10.6 Å². The highest BCUT2D eigenvalue weighted by atomic mass is 35.5. The number of anilines is 2. The van der Waals surface area contributed by atoms with E-state index in [1.165, 1.54) is 0 Å². The molecule has 0 saturated heterocycles. The third kappa shape index (κ3) is 3.03. The summed E-state index contributed by atoms with van der Waals surface area (Å²) >= 11 is 8.12. The first-order valence-corrected chi connectivity index (χ1v) is 10.6. The Morgan fingerprint density at radius 3 is 2.50 bits per heavy atom. The summed E-state index contributed by atoms with van der Waals surface area (Å²) in [4.78, 5) is 14.5. The predicted molar refractivity (Wildman–Crippen MR) is 116 cm³/mol. The molecule has 2 atom stereocenters. The molecule has 0 fully saturated rings. The number of Topliss-reactive ketones (excluding diaryl/α,β-unsaturated/α-hetero) is 1. The fourth-order valence-electron chi connectivity index (χ4n) is 4.19. The van der Waals surface area contributed by atoms with Gasteiger partial charge in [-0.05, 0) is 47.5 Å². The standard InChI is InChI=1S/C23H19ClN2OS/c24-16-7-2-1-6-15(16)14-12-19-22(20(27)13-14)23(21-10-5-11-28-21)26-18-9-4-3-8-17(18)25-19/h1-11,14,23,25-26H,12-13H2/t14-,23-/m1/s1. The number of rotatable bonds is 2. The van der Waals surface area contributed by atoms with Gasteiger partial charge in [-0.2, -0.15) is 0 Å². The summed E-state index contributed by atoms with van der Waals surface area (Å²) < 4.78 is 0. The number of nitrogens with one attached hydrogen (secondary N) is 2. The average molecular weight is 407 g/mol. The second kappa shape index (κ2) is 7.12. The van der Waals surface area contributed by atoms with Crippen molar-refractivity contribution in [1.29, 1.82) is 0 Å². The van der Waals surface area contributed by atoms with Gasteiger partial charge in [-0.1, -0.05) is 48.0 Å². The molecule has 2 heterocycles. The molecule has 3 nitrogen and oxygen atoms in total. The van der Waals surface area contributed by atoms with Crippen molar-refractivity contribution in [2.45, 2.75) is 24.8 Å². The number of carbonyl (C=O) groups is 1. The minimum Gasteiger partial charge on any atom is -0.372 e. The lowest BCUT2D eigenvalue weighted by atomic mass is 9.79. The Morgan fingerprint density at radius 1 is 0.929 bits per heavy atom. The molecule has 1 aromatic heterocycles. The lowest BCUT2D eigenvalue weighted by Gasteiger charge is -2.29. The highest BCUT2D eigenvalue weighted by Gasteiger charge is 2.36. The molecule has 5 rings (SSSR count). The van der Waals surface area contributed by atoms with Gasteiger partial charge in [0.15, 0.2) is 5.78 Å². The molecule has 0 radical (unpaired) electrons. The average Bonchev–Trinajstić information content (AvgIpc) is 3.17. The zero-order valence-corrected chi connectivity index (χ0v) is 16.7. The third-order valence-corrected chi connectivity index (χ3v) is 6.76. The van der Waals surface area contributed by atoms with Crippen LogP contribution in [0.2, 0.25) is 5.02 Å². The highest BCUT2D eigenvalue weighted by molar-refractivity contribution is 7.10. The Labute approximate surface area is 173 Å². The fraction of sp³-hybridized carbons (Fsp3) is 0.174. The number of fused-ring (bicyclic) bond motifs is 1. The molecule has 0 spiro atoms. The number of hydrogen-bond acceptors (Lipinski definition) is 4. The molecule has 140 valence electrons. The first-order chi connectivity index (χ1) is 13.7. The van der Waals surface area contributed by atoms with E-state index >= 15 is 0 Å². The second-order valence-electron chi connectivity index (χ2n) is 7.21. The van der Waals surface area contributed by atoms with Crippen molar-refractivity contribution >= 4 is 40.1 Å². The minimum absolute atomic E-state index is 0.0849. The topological polar surface area (TPSA) is 41.1 Å². The smallest absolute Gasteiger partial charge is 0.163 e. The van der Waals surface area contributed by atoms with Crippen LogP contribution in [0.3, 0.4) is 0 Å². The number of ketones is 1. The molecular formula is C23H19ClN2OS. The molecule has 0 amide bonds. The summed E-state index contributed by atoms with van der Waals surface area (Å²) in [6.45, 7) is 0. The second-order valence-corrected chi connectivity index (χ2v) is 8.59. The first kappa shape index (κ1) is 17.5. The van der Waals surface area contributed by atoms with Crippen LogP contribution in [0.25, 0.3) is 0 Å². The van der Waals surface area contributed by atoms with Gasteiger partial charge in [0.2, 0.25) is 0 Å². The van der Waals surface area contributed by atoms with E-state index in [1.807, 2.05) is 48.5 Å². The lowest BCUT2D eigenvalue weighted by molar-refractivity contribution is -0.116. The summed E-state index contributed by atoms with van der Waals surface area (Å²) in [5.41, 5.74) is 4.90. The molecule has 1 aliphatic heterocycles. The van der Waals surface area contributed by atoms with E-state index in [0.29, 0.717) is 6.42 Å². The van der Waals surface area contributed by atoms with Crippen LogP contribution in [0.5, 0.6) is 0 Å². The van der Waals surface area contributed by atoms with Crippen LogP contribution in [0.15, 0.2) is 77.3 Å². The van der Waals surface area contributed by atoms with Gasteiger partial charge in [-0.15, -0.1) is 11.3 Å². The molecule has 1 aliphatic carbocycles. The number of carbonyl (C=O) groups excluding carboxylic acids is 1. The van der Waals surface area contributed by atoms with E-state index in [-0.39, 0.29) is 17.7 Å². The Hall–Kier alpha value is -2.56. The molecule has 2 aliphatic rings. The van der Waals surface area contributed by atoms with Crippen LogP contribution < -0.4 is 10.6 Å². The van der Waals surface area contributed by atoms with E-state index < -0.39 is 0 Å². The number of benzene rings is 2. The molecule has 0 saturated carbocycles. The highest BCUT2D eigenvalue weighted by Crippen LogP contribution is 2.45. The molecule has 2 aromatic carbocycles. The molecule has 0 bridgehead atoms. The molecule has 28 heavy (non-hydrogen) atoms. The minimum atomic E-state index is -0.133. The van der Waals surface area contributed by atoms with Gasteiger partial charge >= 0.3 is 0 Å². The van der Waals surface area contributed by atoms with Gasteiger partial charge in [0, 0.05) is 27.6 Å². The van der Waals surface area contributed by atoms with Gasteiger partial charge in [-0.25, -0.2) is 0 Å². The van der Waals surface area contributed by atoms with Gasteiger partial charge in [0.1, 0.15) is 0 Å². The summed E-state index contributed by atoms with van der Waals surface area (Å²) in [6.07, 6.45) is 1.24. The summed E-state index contributed by atoms with van der Waals surface area (Å²) in [6, 6.07) is 20.0. The Balaban J connectivity index is 1.62. The summed E-state index contributed by atoms with van der Waals surface area (Å²) in [7, 11) is 0. The van der Waals surface area contributed by atoms with Crippen molar-refractivity contribution in [3.63, 3.8) is 0 Å². The van der Waals surface area contributed by atoms with Crippen LogP contribution in [0.1, 0.15) is 35.2 Å². The van der Waals surface area contributed by atoms with Crippen LogP contribution >= 0.6 is 22.9 Å². The van der Waals surface area contributed by atoms with Gasteiger partial charge < -0.3 is 10.6 Å². The Bertz CT molecular complexity index is 1070. The summed E-state index contributed by atoms with van der Waals surface area (Å²) in [5.74, 6) is 0.263. The quantitative estimate of drug-likeness (QED) is 0.518. The SMILES string of the molecule is O=C1C[C@H](c2ccccc2Cl)CC2=C1[C@@H](c1cccs1)Nc1ccccc1N2.